The molecule has 3 aliphatic rings. The number of sulfonamides is 1. The summed E-state index contributed by atoms with van der Waals surface area (Å²) >= 11 is 0. The highest BCUT2D eigenvalue weighted by Gasteiger charge is 2.58. The Morgan fingerprint density at radius 2 is 1.97 bits per heavy atom. The number of nitrogens with zero attached hydrogens (tertiary/aromatic N) is 2. The summed E-state index contributed by atoms with van der Waals surface area (Å²) in [6, 6.07) is 5.40. The minimum absolute atomic E-state index is 0.117. The molecule has 3 fully saturated rings. The average Bonchev–Trinajstić information content (AvgIpc) is 2.81. The lowest BCUT2D eigenvalue weighted by atomic mass is 9.50. The number of carbonyl (C=O) groups excluding carboxylic acids is 1. The van der Waals surface area contributed by atoms with Gasteiger partial charge in [0.2, 0.25) is 10.0 Å². The molecular weight excluding hydrogens is 395 g/mol. The van der Waals surface area contributed by atoms with Crippen molar-refractivity contribution in [2.24, 2.45) is 13.0 Å². The van der Waals surface area contributed by atoms with Crippen molar-refractivity contribution in [1.82, 2.24) is 9.29 Å². The fourth-order valence-corrected chi connectivity index (χ4v) is 6.44. The average molecular weight is 416 g/mol. The molecule has 0 aliphatic heterocycles. The van der Waals surface area contributed by atoms with Crippen molar-refractivity contribution in [1.29, 1.82) is 5.26 Å². The van der Waals surface area contributed by atoms with Crippen molar-refractivity contribution in [3.05, 3.63) is 46.5 Å². The van der Waals surface area contributed by atoms with Crippen molar-refractivity contribution >= 4 is 21.6 Å². The number of nitriles is 1. The summed E-state index contributed by atoms with van der Waals surface area (Å²) in [7, 11) is -2.14. The maximum absolute atomic E-state index is 13.5. The highest BCUT2D eigenvalue weighted by Crippen LogP contribution is 2.57. The highest BCUT2D eigenvalue weighted by molar-refractivity contribution is 7.89. The fraction of sp³-hybridized carbons (Fsp3) is 0.400. The number of nitrogens with one attached hydrogen (secondary N) is 2. The van der Waals surface area contributed by atoms with Crippen LogP contribution in [-0.2, 0) is 17.1 Å². The lowest BCUT2D eigenvalue weighted by molar-refractivity contribution is -0.0317. The van der Waals surface area contributed by atoms with E-state index in [1.165, 1.54) is 16.7 Å². The molecule has 0 spiro atoms. The first-order chi connectivity index (χ1) is 13.6. The molecule has 0 unspecified atom stereocenters. The predicted molar refractivity (Wildman–Crippen MR) is 104 cm³/mol. The molecule has 3 saturated carbocycles. The highest BCUT2D eigenvalue weighted by atomic mass is 32.2. The van der Waals surface area contributed by atoms with Crippen molar-refractivity contribution in [3.8, 4) is 6.07 Å². The Labute approximate surface area is 168 Å². The number of aromatic nitrogens is 1. The van der Waals surface area contributed by atoms with Crippen LogP contribution in [-0.4, -0.2) is 24.4 Å². The van der Waals surface area contributed by atoms with E-state index >= 15 is 0 Å². The number of carbonyl (C=O) groups is 1. The Kier molecular flexibility index (Phi) is 4.33. The van der Waals surface area contributed by atoms with E-state index in [1.54, 1.807) is 27.0 Å². The van der Waals surface area contributed by atoms with E-state index in [0.29, 0.717) is 17.2 Å². The topological polar surface area (TPSA) is 104 Å². The second-order valence-electron chi connectivity index (χ2n) is 8.07. The van der Waals surface area contributed by atoms with Crippen LogP contribution in [0, 0.1) is 36.9 Å². The first-order valence-electron chi connectivity index (χ1n) is 9.28. The van der Waals surface area contributed by atoms with Gasteiger partial charge in [0.25, 0.3) is 5.91 Å². The van der Waals surface area contributed by atoms with Gasteiger partial charge in [-0.1, -0.05) is 0 Å². The summed E-state index contributed by atoms with van der Waals surface area (Å²) in [5.41, 5.74) is 0.759. The van der Waals surface area contributed by atoms with Gasteiger partial charge in [-0.2, -0.15) is 5.26 Å². The van der Waals surface area contributed by atoms with Gasteiger partial charge in [-0.05, 0) is 57.2 Å². The first kappa shape index (κ1) is 19.6. The standard InChI is InChI=1S/C20H21FN4O3S/c1-11-17(19(26)23-15-4-5-16(21)14(6-15)10-22)25(3)12(2)18(11)29(27,28)24-20-7-13(8-20)9-20/h4-6,13,24H,7-9H2,1-3H3,(H,23,26). The maximum atomic E-state index is 13.5. The van der Waals surface area contributed by atoms with E-state index in [1.807, 2.05) is 0 Å². The van der Waals surface area contributed by atoms with E-state index in [0.717, 1.165) is 25.3 Å². The number of anilines is 1. The third kappa shape index (κ3) is 3.03. The minimum Gasteiger partial charge on any atom is -0.342 e. The van der Waals surface area contributed by atoms with Gasteiger partial charge in [0.15, 0.2) is 0 Å². The van der Waals surface area contributed by atoms with E-state index in [4.69, 9.17) is 5.26 Å². The molecule has 7 nitrogen and oxygen atoms in total. The molecule has 0 atom stereocenters. The Bertz CT molecular complexity index is 1180. The van der Waals surface area contributed by atoms with E-state index in [-0.39, 0.29) is 27.4 Å². The molecular formula is C20H21FN4O3S. The van der Waals surface area contributed by atoms with Crippen LogP contribution in [0.25, 0.3) is 0 Å². The normalized spacial score (nSPS) is 22.4. The first-order valence-corrected chi connectivity index (χ1v) is 10.8. The van der Waals surface area contributed by atoms with Gasteiger partial charge in [-0.3, -0.25) is 4.79 Å². The second-order valence-corrected chi connectivity index (χ2v) is 9.69. The largest absolute Gasteiger partial charge is 0.342 e. The smallest absolute Gasteiger partial charge is 0.272 e. The summed E-state index contributed by atoms with van der Waals surface area (Å²) in [4.78, 5) is 13.0. The molecule has 29 heavy (non-hydrogen) atoms. The van der Waals surface area contributed by atoms with Gasteiger partial charge >= 0.3 is 0 Å². The molecule has 2 N–H and O–H groups in total. The Morgan fingerprint density at radius 1 is 1.31 bits per heavy atom. The third-order valence-corrected chi connectivity index (χ3v) is 7.92. The van der Waals surface area contributed by atoms with Gasteiger partial charge in [0.1, 0.15) is 22.5 Å². The summed E-state index contributed by atoms with van der Waals surface area (Å²) in [6.07, 6.45) is 2.61. The lowest BCUT2D eigenvalue weighted by Gasteiger charge is -2.61. The Morgan fingerprint density at radius 3 is 2.52 bits per heavy atom. The molecule has 2 aromatic rings. The maximum Gasteiger partial charge on any atom is 0.272 e. The number of amides is 1. The van der Waals surface area contributed by atoms with Gasteiger partial charge in [0.05, 0.1) is 5.56 Å². The minimum atomic E-state index is -3.77. The van der Waals surface area contributed by atoms with Crippen LogP contribution in [0.1, 0.15) is 46.6 Å². The van der Waals surface area contributed by atoms with E-state index in [9.17, 15) is 17.6 Å². The molecule has 1 amide bonds. The zero-order chi connectivity index (χ0) is 21.1. The SMILES string of the molecule is Cc1c(S(=O)(=O)NC23CC(C2)C3)c(C)n(C)c1C(=O)Nc1ccc(F)c(C#N)c1. The van der Waals surface area contributed by atoms with Crippen LogP contribution in [0.5, 0.6) is 0 Å². The van der Waals surface area contributed by atoms with Crippen LogP contribution in [0.3, 0.4) is 0 Å². The lowest BCUT2D eigenvalue weighted by Crippen LogP contribution is -2.68. The predicted octanol–water partition coefficient (Wildman–Crippen LogP) is 2.74. The van der Waals surface area contributed by atoms with E-state index in [2.05, 4.69) is 10.0 Å². The number of benzene rings is 1. The second kappa shape index (κ2) is 6.40. The number of rotatable bonds is 5. The van der Waals surface area contributed by atoms with Crippen LogP contribution in [0.4, 0.5) is 10.1 Å². The molecule has 2 bridgehead atoms. The Hall–Kier alpha value is -2.70. The van der Waals surface area contributed by atoms with Crippen LogP contribution in [0.2, 0.25) is 0 Å². The van der Waals surface area contributed by atoms with Crippen LogP contribution >= 0.6 is 0 Å². The molecule has 5 rings (SSSR count). The zero-order valence-corrected chi connectivity index (χ0v) is 17.2. The Balaban J connectivity index is 1.65. The molecule has 152 valence electrons. The van der Waals surface area contributed by atoms with Crippen molar-refractivity contribution in [2.75, 3.05) is 5.32 Å². The van der Waals surface area contributed by atoms with Gasteiger partial charge in [-0.25, -0.2) is 17.5 Å². The van der Waals surface area contributed by atoms with Crippen LogP contribution in [0.15, 0.2) is 23.1 Å². The van der Waals surface area contributed by atoms with Gasteiger partial charge in [-0.15, -0.1) is 0 Å². The molecule has 1 aromatic heterocycles. The molecule has 0 saturated heterocycles. The molecule has 3 aliphatic carbocycles. The van der Waals surface area contributed by atoms with Crippen molar-refractivity contribution < 1.29 is 17.6 Å². The monoisotopic (exact) mass is 416 g/mol. The summed E-state index contributed by atoms with van der Waals surface area (Å²) in [5.74, 6) is -0.578. The quantitative estimate of drug-likeness (QED) is 0.782. The number of halogens is 1. The summed E-state index contributed by atoms with van der Waals surface area (Å²) < 4.78 is 44.0. The van der Waals surface area contributed by atoms with Gasteiger partial charge in [0, 0.05) is 29.5 Å². The fourth-order valence-electron chi connectivity index (χ4n) is 4.49. The number of hydrogen-bond donors (Lipinski definition) is 2. The number of hydrogen-bond acceptors (Lipinski definition) is 4. The molecule has 1 aromatic carbocycles. The molecule has 9 heteroatoms. The molecule has 1 heterocycles. The van der Waals surface area contributed by atoms with E-state index < -0.39 is 21.7 Å². The van der Waals surface area contributed by atoms with Gasteiger partial charge < -0.3 is 9.88 Å². The van der Waals surface area contributed by atoms with Crippen molar-refractivity contribution in [3.63, 3.8) is 0 Å². The summed E-state index contributed by atoms with van der Waals surface area (Å²) in [5, 5.41) is 11.6. The zero-order valence-electron chi connectivity index (χ0n) is 16.3. The third-order valence-electron chi connectivity index (χ3n) is 6.08. The van der Waals surface area contributed by atoms with Crippen molar-refractivity contribution in [2.45, 2.75) is 43.5 Å². The summed E-state index contributed by atoms with van der Waals surface area (Å²) in [6.45, 7) is 3.26. The van der Waals surface area contributed by atoms with Crippen LogP contribution < -0.4 is 10.0 Å². The molecule has 0 radical (unpaired) electrons.